The van der Waals surface area contributed by atoms with Crippen molar-refractivity contribution >= 4 is 43.6 Å². The van der Waals surface area contributed by atoms with Gasteiger partial charge in [0.05, 0.1) is 45.1 Å². The Labute approximate surface area is 414 Å². The van der Waals surface area contributed by atoms with E-state index in [2.05, 4.69) is 244 Å². The molecule has 2 heterocycles. The minimum absolute atomic E-state index is 0.498. The van der Waals surface area contributed by atoms with Gasteiger partial charge in [-0.25, -0.2) is 0 Å². The number of fused-ring (bicyclic) bond motifs is 6. The summed E-state index contributed by atoms with van der Waals surface area (Å²) in [7, 11) is 0. The molecule has 0 saturated carbocycles. The van der Waals surface area contributed by atoms with E-state index in [1.807, 2.05) is 12.1 Å². The van der Waals surface area contributed by atoms with Crippen molar-refractivity contribution in [2.75, 3.05) is 0 Å². The van der Waals surface area contributed by atoms with Gasteiger partial charge in [-0.05, 0) is 143 Å². The van der Waals surface area contributed by atoms with Crippen LogP contribution in [0, 0.1) is 57.3 Å². The van der Waals surface area contributed by atoms with Crippen molar-refractivity contribution < 1.29 is 0 Å². The molecule has 0 saturated heterocycles. The van der Waals surface area contributed by atoms with E-state index in [-0.39, 0.29) is 0 Å². The Morgan fingerprint density at radius 2 is 0.690 bits per heavy atom. The van der Waals surface area contributed by atoms with Gasteiger partial charge in [-0.3, -0.25) is 0 Å². The molecule has 10 aromatic carbocycles. The maximum absolute atomic E-state index is 12.2. The monoisotopic (exact) mass is 908 g/mol. The molecule has 0 fully saturated rings. The number of aromatic nitrogens is 2. The van der Waals surface area contributed by atoms with Gasteiger partial charge >= 0.3 is 0 Å². The summed E-state index contributed by atoms with van der Waals surface area (Å²) < 4.78 is 4.64. The van der Waals surface area contributed by atoms with Gasteiger partial charge < -0.3 is 9.13 Å². The summed E-state index contributed by atoms with van der Waals surface area (Å²) in [6, 6.07) is 76.6. The van der Waals surface area contributed by atoms with Crippen LogP contribution in [0.4, 0.5) is 0 Å². The average molecular weight is 909 g/mol. The predicted molar refractivity (Wildman–Crippen MR) is 295 cm³/mol. The first-order valence-electron chi connectivity index (χ1n) is 24.2. The first-order valence-corrected chi connectivity index (χ1v) is 24.2. The molecule has 0 aliphatic carbocycles. The summed E-state index contributed by atoms with van der Waals surface area (Å²) in [5.74, 6) is 0. The van der Waals surface area contributed by atoms with Gasteiger partial charge in [0, 0.05) is 32.7 Å². The smallest absolute Gasteiger partial charge is 0.104 e. The molecule has 4 nitrogen and oxygen atoms in total. The largest absolute Gasteiger partial charge is 0.308 e. The summed E-state index contributed by atoms with van der Waals surface area (Å²) in [4.78, 5) is 0. The van der Waals surface area contributed by atoms with Gasteiger partial charge in [-0.2, -0.15) is 10.5 Å². The minimum atomic E-state index is 0.498. The third-order valence-electron chi connectivity index (χ3n) is 14.8. The summed E-state index contributed by atoms with van der Waals surface area (Å²) in [6.45, 7) is 10.7. The molecule has 2 aromatic heterocycles. The predicted octanol–water partition coefficient (Wildman–Crippen LogP) is 17.5. The molecular weight excluding hydrogens is 861 g/mol. The van der Waals surface area contributed by atoms with Gasteiger partial charge in [0.25, 0.3) is 0 Å². The third-order valence-corrected chi connectivity index (χ3v) is 14.8. The van der Waals surface area contributed by atoms with E-state index < -0.39 is 0 Å². The Morgan fingerprint density at radius 3 is 1.06 bits per heavy atom. The molecular formula is C67H48N4. The van der Waals surface area contributed by atoms with E-state index in [0.29, 0.717) is 11.1 Å². The van der Waals surface area contributed by atoms with Crippen LogP contribution in [0.15, 0.2) is 200 Å². The van der Waals surface area contributed by atoms with Crippen LogP contribution >= 0.6 is 0 Å². The topological polar surface area (TPSA) is 57.4 Å². The molecule has 0 aliphatic heterocycles. The van der Waals surface area contributed by atoms with Crippen molar-refractivity contribution in [3.05, 3.63) is 239 Å². The molecule has 0 N–H and O–H groups in total. The number of nitriles is 2. The van der Waals surface area contributed by atoms with E-state index in [9.17, 15) is 10.5 Å². The molecule has 4 heteroatoms. The Bertz CT molecular complexity index is 4050. The van der Waals surface area contributed by atoms with Crippen molar-refractivity contribution in [2.24, 2.45) is 0 Å². The van der Waals surface area contributed by atoms with E-state index in [1.165, 1.54) is 22.3 Å². The average Bonchev–Trinajstić information content (AvgIpc) is 3.89. The molecule has 0 amide bonds. The Balaban J connectivity index is 1.27. The lowest BCUT2D eigenvalue weighted by molar-refractivity contribution is 1.12. The van der Waals surface area contributed by atoms with E-state index in [1.54, 1.807) is 0 Å². The molecule has 12 rings (SSSR count). The minimum Gasteiger partial charge on any atom is -0.308 e. The van der Waals surface area contributed by atoms with Crippen LogP contribution in [0.3, 0.4) is 0 Å². The highest BCUT2D eigenvalue weighted by Crippen LogP contribution is 2.46. The van der Waals surface area contributed by atoms with Crippen LogP contribution in [0.25, 0.3) is 111 Å². The zero-order valence-electron chi connectivity index (χ0n) is 40.3. The molecule has 0 atom stereocenters. The van der Waals surface area contributed by atoms with E-state index in [4.69, 9.17) is 0 Å². The first-order chi connectivity index (χ1) is 34.7. The van der Waals surface area contributed by atoms with Gasteiger partial charge in [0.1, 0.15) is 11.6 Å². The van der Waals surface area contributed by atoms with Crippen molar-refractivity contribution in [2.45, 2.75) is 34.6 Å². The second-order valence-electron chi connectivity index (χ2n) is 18.9. The molecule has 12 aromatic rings. The number of hydrogen-bond donors (Lipinski definition) is 0. The SMILES string of the molecule is Cc1ccccc1-c1ccc2c3ccc(-c4ccccc4C)cc3n(-c3ccc(-c4c(C)cccc4C#N)c(-n4c5cc(-c6ccccc6C)ccc5c5ccc(-c6ccccc6C)cc54)c3C#N)c2c1. The molecule has 336 valence electrons. The molecule has 0 aliphatic rings. The zero-order chi connectivity index (χ0) is 48.5. The molecule has 0 spiro atoms. The number of rotatable bonds is 7. The summed E-state index contributed by atoms with van der Waals surface area (Å²) >= 11 is 0. The van der Waals surface area contributed by atoms with E-state index >= 15 is 0 Å². The number of hydrogen-bond acceptors (Lipinski definition) is 2. The van der Waals surface area contributed by atoms with Crippen molar-refractivity contribution in [1.29, 1.82) is 10.5 Å². The Morgan fingerprint density at radius 1 is 0.324 bits per heavy atom. The van der Waals surface area contributed by atoms with Crippen LogP contribution in [0.2, 0.25) is 0 Å². The number of aryl methyl sites for hydroxylation is 5. The third kappa shape index (κ3) is 6.95. The van der Waals surface area contributed by atoms with Gasteiger partial charge in [-0.1, -0.05) is 164 Å². The van der Waals surface area contributed by atoms with Crippen LogP contribution in [0.1, 0.15) is 38.9 Å². The standard InChI is InChI=1S/C67H48N4/c1-41-15-6-10-21-51(41)46-25-29-55-56-30-26-47(52-22-11-7-16-42(52)2)36-63(56)70(62(55)35-46)61-34-33-59(66-45(5)19-14-20-50(66)39-68)67(60(61)40-69)71-64-37-48(53-23-12-8-17-43(53)3)27-31-57(64)58-32-28-49(38-65(58)71)54-24-13-9-18-44(54)4/h6-38H,1-5H3. The first kappa shape index (κ1) is 43.1. The van der Waals surface area contributed by atoms with Gasteiger partial charge in [-0.15, -0.1) is 0 Å². The molecule has 0 bridgehead atoms. The second kappa shape index (κ2) is 17.1. The highest BCUT2D eigenvalue weighted by Gasteiger charge is 2.27. The second-order valence-corrected chi connectivity index (χ2v) is 18.9. The summed E-state index contributed by atoms with van der Waals surface area (Å²) in [5, 5.41) is 27.4. The van der Waals surface area contributed by atoms with E-state index in [0.717, 1.165) is 116 Å². The molecule has 0 radical (unpaired) electrons. The maximum atomic E-state index is 12.2. The summed E-state index contributed by atoms with van der Waals surface area (Å²) in [6.07, 6.45) is 0. The highest BCUT2D eigenvalue weighted by atomic mass is 15.0. The number of nitrogens with zero attached hydrogens (tertiary/aromatic N) is 4. The molecule has 71 heavy (non-hydrogen) atoms. The normalized spacial score (nSPS) is 11.4. The van der Waals surface area contributed by atoms with Gasteiger partial charge in [0.15, 0.2) is 0 Å². The maximum Gasteiger partial charge on any atom is 0.104 e. The summed E-state index contributed by atoms with van der Waals surface area (Å²) in [5.41, 5.74) is 22.7. The van der Waals surface area contributed by atoms with Crippen LogP contribution in [0.5, 0.6) is 0 Å². The highest BCUT2D eigenvalue weighted by molar-refractivity contribution is 6.14. The van der Waals surface area contributed by atoms with Crippen LogP contribution in [-0.4, -0.2) is 9.13 Å². The zero-order valence-corrected chi connectivity index (χ0v) is 40.3. The fourth-order valence-electron chi connectivity index (χ4n) is 11.2. The van der Waals surface area contributed by atoms with Crippen LogP contribution in [-0.2, 0) is 0 Å². The van der Waals surface area contributed by atoms with Crippen molar-refractivity contribution in [3.63, 3.8) is 0 Å². The fraction of sp³-hybridized carbons (Fsp3) is 0.0746. The van der Waals surface area contributed by atoms with Gasteiger partial charge in [0.2, 0.25) is 0 Å². The molecule has 0 unspecified atom stereocenters. The quantitative estimate of drug-likeness (QED) is 0.160. The fourth-order valence-corrected chi connectivity index (χ4v) is 11.2. The lowest BCUT2D eigenvalue weighted by atomic mass is 9.91. The lowest BCUT2D eigenvalue weighted by Crippen LogP contribution is -2.07. The van der Waals surface area contributed by atoms with Crippen LogP contribution < -0.4 is 0 Å². The Kier molecular flexibility index (Phi) is 10.4. The lowest BCUT2D eigenvalue weighted by Gasteiger charge is -2.22. The van der Waals surface area contributed by atoms with Crippen molar-refractivity contribution in [1.82, 2.24) is 9.13 Å². The van der Waals surface area contributed by atoms with Crippen molar-refractivity contribution in [3.8, 4) is 79.1 Å². The number of benzene rings is 10. The Hall–Kier alpha value is -9.22.